The first-order valence-corrected chi connectivity index (χ1v) is 13.4. The molecule has 37 heavy (non-hydrogen) atoms. The molecule has 0 spiro atoms. The SMILES string of the molecule is CNCc1cc(-c2c(N)c(S(=O)(=O)O)c(N)c3c2C(=O)c2ccc(S(=O)(=O)O)cc2C3=O)ccc1OC. The Morgan fingerprint density at radius 1 is 0.838 bits per heavy atom. The van der Waals surface area contributed by atoms with Crippen molar-refractivity contribution in [2.45, 2.75) is 16.3 Å². The van der Waals surface area contributed by atoms with Crippen LogP contribution in [0.15, 0.2) is 46.2 Å². The summed E-state index contributed by atoms with van der Waals surface area (Å²) in [6.45, 7) is 0.313. The van der Waals surface area contributed by atoms with Crippen molar-refractivity contribution < 1.29 is 40.3 Å². The molecule has 0 saturated heterocycles. The molecule has 4 rings (SSSR count). The van der Waals surface area contributed by atoms with Gasteiger partial charge in [0.25, 0.3) is 20.2 Å². The van der Waals surface area contributed by atoms with Crippen molar-refractivity contribution in [3.8, 4) is 16.9 Å². The molecule has 3 aromatic rings. The third-order valence-corrected chi connectivity index (χ3v) is 7.76. The van der Waals surface area contributed by atoms with Crippen LogP contribution in [0.5, 0.6) is 5.75 Å². The minimum absolute atomic E-state index is 0.167. The molecule has 0 heterocycles. The lowest BCUT2D eigenvalue weighted by molar-refractivity contribution is 0.0979. The fourth-order valence-corrected chi connectivity index (χ4v) is 5.68. The molecule has 7 N–H and O–H groups in total. The zero-order valence-corrected chi connectivity index (χ0v) is 21.0. The summed E-state index contributed by atoms with van der Waals surface area (Å²) in [7, 11) is -6.71. The molecule has 0 bridgehead atoms. The van der Waals surface area contributed by atoms with Crippen LogP contribution >= 0.6 is 0 Å². The van der Waals surface area contributed by atoms with Crippen LogP contribution in [0.1, 0.15) is 37.4 Å². The summed E-state index contributed by atoms with van der Waals surface area (Å²) < 4.78 is 72.5. The summed E-state index contributed by atoms with van der Waals surface area (Å²) in [6, 6.07) is 7.40. The lowest BCUT2D eigenvalue weighted by Gasteiger charge is -2.25. The highest BCUT2D eigenvalue weighted by Gasteiger charge is 2.39. The molecule has 0 radical (unpaired) electrons. The van der Waals surface area contributed by atoms with Gasteiger partial charge in [0.2, 0.25) is 0 Å². The van der Waals surface area contributed by atoms with Crippen LogP contribution in [0.3, 0.4) is 0 Å². The van der Waals surface area contributed by atoms with E-state index < -0.39 is 64.1 Å². The molecule has 0 aromatic heterocycles. The lowest BCUT2D eigenvalue weighted by atomic mass is 9.79. The molecule has 1 aliphatic carbocycles. The number of anilines is 2. The van der Waals surface area contributed by atoms with Gasteiger partial charge >= 0.3 is 0 Å². The molecular formula is C23H21N3O9S2. The Bertz CT molecular complexity index is 1730. The number of nitrogen functional groups attached to an aromatic ring is 2. The maximum atomic E-state index is 13.7. The van der Waals surface area contributed by atoms with Gasteiger partial charge in [0, 0.05) is 34.4 Å². The Morgan fingerprint density at radius 3 is 2.03 bits per heavy atom. The molecule has 0 aliphatic heterocycles. The summed E-state index contributed by atoms with van der Waals surface area (Å²) >= 11 is 0. The van der Waals surface area contributed by atoms with E-state index in [1.165, 1.54) is 13.2 Å². The second kappa shape index (κ2) is 8.93. The van der Waals surface area contributed by atoms with E-state index in [4.69, 9.17) is 16.2 Å². The van der Waals surface area contributed by atoms with Crippen LogP contribution in [0.2, 0.25) is 0 Å². The smallest absolute Gasteiger partial charge is 0.298 e. The van der Waals surface area contributed by atoms with Gasteiger partial charge in [-0.1, -0.05) is 6.07 Å². The maximum absolute atomic E-state index is 13.7. The second-order valence-electron chi connectivity index (χ2n) is 8.15. The standard InChI is InChI=1S/C23H21N3O9S2/c1-26-9-11-7-10(3-6-15(11)35-2)16-17-18(20(25)23(19(16)24)37(32,33)34)22(28)14-8-12(36(29,30)31)4-5-13(14)21(17)27/h3-8,26H,9,24-25H2,1-2H3,(H,29,30,31)(H,32,33,34). The molecular weight excluding hydrogens is 526 g/mol. The average molecular weight is 548 g/mol. The minimum Gasteiger partial charge on any atom is -0.496 e. The van der Waals surface area contributed by atoms with Crippen molar-refractivity contribution >= 4 is 43.2 Å². The van der Waals surface area contributed by atoms with Gasteiger partial charge < -0.3 is 21.5 Å². The molecule has 0 saturated carbocycles. The molecule has 14 heteroatoms. The summed E-state index contributed by atoms with van der Waals surface area (Å²) in [5, 5.41) is 2.95. The fourth-order valence-electron chi connectivity index (χ4n) is 4.41. The normalized spacial score (nSPS) is 13.3. The van der Waals surface area contributed by atoms with Crippen LogP contribution in [0.4, 0.5) is 11.4 Å². The largest absolute Gasteiger partial charge is 0.496 e. The molecule has 194 valence electrons. The predicted octanol–water partition coefficient (Wildman–Crippen LogP) is 1.51. The Balaban J connectivity index is 2.15. The molecule has 0 atom stereocenters. The summed E-state index contributed by atoms with van der Waals surface area (Å²) in [6.07, 6.45) is 0. The Hall–Kier alpha value is -3.82. The van der Waals surface area contributed by atoms with Crippen molar-refractivity contribution in [1.82, 2.24) is 5.32 Å². The van der Waals surface area contributed by atoms with Crippen molar-refractivity contribution in [3.63, 3.8) is 0 Å². The van der Waals surface area contributed by atoms with Gasteiger partial charge in [-0.05, 0) is 42.9 Å². The van der Waals surface area contributed by atoms with E-state index >= 15 is 0 Å². The molecule has 0 amide bonds. The van der Waals surface area contributed by atoms with Crippen LogP contribution in [0.25, 0.3) is 11.1 Å². The molecule has 1 aliphatic rings. The van der Waals surface area contributed by atoms with E-state index in [1.54, 1.807) is 19.2 Å². The number of ketones is 2. The number of hydrogen-bond donors (Lipinski definition) is 5. The fraction of sp³-hybridized carbons (Fsp3) is 0.130. The van der Waals surface area contributed by atoms with Gasteiger partial charge in [-0.2, -0.15) is 16.8 Å². The molecule has 3 aromatic carbocycles. The first-order chi connectivity index (χ1) is 17.2. The highest BCUT2D eigenvalue weighted by Crippen LogP contribution is 2.46. The summed E-state index contributed by atoms with van der Waals surface area (Å²) in [5.74, 6) is -1.32. The van der Waals surface area contributed by atoms with Gasteiger partial charge in [0.05, 0.1) is 28.9 Å². The van der Waals surface area contributed by atoms with Crippen molar-refractivity contribution in [1.29, 1.82) is 0 Å². The number of carbonyl (C=O) groups excluding carboxylic acids is 2. The first-order valence-electron chi connectivity index (χ1n) is 10.5. The quantitative estimate of drug-likeness (QED) is 0.171. The average Bonchev–Trinajstić information content (AvgIpc) is 2.80. The first kappa shape index (κ1) is 26.2. The van der Waals surface area contributed by atoms with E-state index in [0.717, 1.165) is 18.2 Å². The number of nitrogens with two attached hydrogens (primary N) is 2. The van der Waals surface area contributed by atoms with Gasteiger partial charge in [-0.3, -0.25) is 18.7 Å². The van der Waals surface area contributed by atoms with Crippen molar-refractivity contribution in [3.05, 3.63) is 64.2 Å². The van der Waals surface area contributed by atoms with Gasteiger partial charge in [0.1, 0.15) is 10.6 Å². The van der Waals surface area contributed by atoms with E-state index in [0.29, 0.717) is 17.9 Å². The van der Waals surface area contributed by atoms with Gasteiger partial charge in [-0.15, -0.1) is 0 Å². The number of benzene rings is 3. The third-order valence-electron chi connectivity index (χ3n) is 5.95. The number of methoxy groups -OCH3 is 1. The minimum atomic E-state index is -5.10. The number of rotatable bonds is 6. The predicted molar refractivity (Wildman–Crippen MR) is 133 cm³/mol. The van der Waals surface area contributed by atoms with Crippen molar-refractivity contribution in [2.75, 3.05) is 25.6 Å². The maximum Gasteiger partial charge on any atom is 0.298 e. The van der Waals surface area contributed by atoms with Gasteiger partial charge in [-0.25, -0.2) is 0 Å². The number of fused-ring (bicyclic) bond motifs is 2. The zero-order chi connectivity index (χ0) is 27.4. The monoisotopic (exact) mass is 547 g/mol. The lowest BCUT2D eigenvalue weighted by Crippen LogP contribution is -2.26. The van der Waals surface area contributed by atoms with E-state index in [2.05, 4.69) is 5.32 Å². The Kier molecular flexibility index (Phi) is 6.34. The van der Waals surface area contributed by atoms with E-state index in [1.807, 2.05) is 0 Å². The molecule has 0 fully saturated rings. The van der Waals surface area contributed by atoms with Crippen molar-refractivity contribution in [2.24, 2.45) is 0 Å². The highest BCUT2D eigenvalue weighted by molar-refractivity contribution is 7.86. The van der Waals surface area contributed by atoms with Crippen LogP contribution in [-0.4, -0.2) is 51.7 Å². The summed E-state index contributed by atoms with van der Waals surface area (Å²) in [4.78, 5) is 25.6. The number of nitrogens with one attached hydrogen (secondary N) is 1. The Morgan fingerprint density at radius 2 is 1.46 bits per heavy atom. The number of ether oxygens (including phenoxy) is 1. The summed E-state index contributed by atoms with van der Waals surface area (Å²) in [5.41, 5.74) is 9.99. The van der Waals surface area contributed by atoms with E-state index in [-0.39, 0.29) is 22.3 Å². The van der Waals surface area contributed by atoms with E-state index in [9.17, 15) is 35.5 Å². The van der Waals surface area contributed by atoms with Gasteiger partial charge in [0.15, 0.2) is 11.6 Å². The second-order valence-corrected chi connectivity index (χ2v) is 10.9. The Labute approximate surface area is 211 Å². The third kappa shape index (κ3) is 4.24. The molecule has 12 nitrogen and oxygen atoms in total. The van der Waals surface area contributed by atoms with Crippen LogP contribution < -0.4 is 21.5 Å². The van der Waals surface area contributed by atoms with Crippen LogP contribution in [0, 0.1) is 0 Å². The topological polar surface area (TPSA) is 216 Å². The highest BCUT2D eigenvalue weighted by atomic mass is 32.2. The molecule has 0 unspecified atom stereocenters. The zero-order valence-electron chi connectivity index (χ0n) is 19.4. The van der Waals surface area contributed by atoms with Crippen LogP contribution in [-0.2, 0) is 26.8 Å². The number of hydrogen-bond acceptors (Lipinski definition) is 10. The number of carbonyl (C=O) groups is 2.